The topological polar surface area (TPSA) is 58.6 Å². The van der Waals surface area contributed by atoms with Gasteiger partial charge >= 0.3 is 0 Å². The highest BCUT2D eigenvalue weighted by Gasteiger charge is 2.59. The second-order valence-electron chi connectivity index (χ2n) is 5.96. The first kappa shape index (κ1) is 14.2. The lowest BCUT2D eigenvalue weighted by Crippen LogP contribution is -2.68. The van der Waals surface area contributed by atoms with Gasteiger partial charge in [-0.05, 0) is 26.2 Å². The zero-order chi connectivity index (χ0) is 14.2. The van der Waals surface area contributed by atoms with Crippen molar-refractivity contribution in [2.45, 2.75) is 44.8 Å². The molecule has 0 bridgehead atoms. The van der Waals surface area contributed by atoms with E-state index in [0.29, 0.717) is 17.7 Å². The molecule has 5 nitrogen and oxygen atoms in total. The van der Waals surface area contributed by atoms with Crippen LogP contribution < -0.4 is 5.32 Å². The fourth-order valence-electron chi connectivity index (χ4n) is 3.59. The minimum atomic E-state index is -0.0212. The van der Waals surface area contributed by atoms with E-state index < -0.39 is 0 Å². The predicted octanol–water partition coefficient (Wildman–Crippen LogP) is 0.983. The molecule has 0 unspecified atom stereocenters. The Bertz CT molecular complexity index is 411. The van der Waals surface area contributed by atoms with Crippen LogP contribution in [0.3, 0.4) is 0 Å². The molecule has 0 aromatic rings. The molecule has 112 valence electrons. The fourth-order valence-corrected chi connectivity index (χ4v) is 4.50. The molecule has 2 amide bonds. The highest BCUT2D eigenvalue weighted by molar-refractivity contribution is 8.00. The third-order valence-corrected chi connectivity index (χ3v) is 5.88. The number of hydrogen-bond donors (Lipinski definition) is 1. The molecule has 0 radical (unpaired) electrons. The van der Waals surface area contributed by atoms with Crippen molar-refractivity contribution in [3.8, 4) is 0 Å². The van der Waals surface area contributed by atoms with Crippen LogP contribution in [0.15, 0.2) is 0 Å². The van der Waals surface area contributed by atoms with Crippen molar-refractivity contribution in [2.24, 2.45) is 5.41 Å². The van der Waals surface area contributed by atoms with Crippen molar-refractivity contribution >= 4 is 23.6 Å². The summed E-state index contributed by atoms with van der Waals surface area (Å²) in [6, 6.07) is 0.241. The molecule has 1 N–H and O–H groups in total. The summed E-state index contributed by atoms with van der Waals surface area (Å²) >= 11 is 1.57. The van der Waals surface area contributed by atoms with Crippen LogP contribution in [0.1, 0.15) is 32.6 Å². The first-order chi connectivity index (χ1) is 9.65. The van der Waals surface area contributed by atoms with Gasteiger partial charge in [0.05, 0.1) is 17.7 Å². The standard InChI is InChI=1S/C14H22N2O3S/c1-2-19-11-6-10(14(11)4-3-5-14)15-12(17)7-16-9-20-8-13(16)18/h10-11H,2-9H2,1H3,(H,15,17)/t10-,11+/m1/s1. The summed E-state index contributed by atoms with van der Waals surface area (Å²) in [4.78, 5) is 25.2. The maximum atomic E-state index is 12.1. The molecule has 1 saturated heterocycles. The van der Waals surface area contributed by atoms with Gasteiger partial charge in [-0.25, -0.2) is 0 Å². The number of amides is 2. The highest BCUT2D eigenvalue weighted by Crippen LogP contribution is 2.57. The van der Waals surface area contributed by atoms with Gasteiger partial charge in [-0.3, -0.25) is 9.59 Å². The van der Waals surface area contributed by atoms with Crippen LogP contribution >= 0.6 is 11.8 Å². The lowest BCUT2D eigenvalue weighted by atomic mass is 9.51. The average Bonchev–Trinajstić information content (AvgIpc) is 2.71. The van der Waals surface area contributed by atoms with Crippen LogP contribution in [0.25, 0.3) is 0 Å². The van der Waals surface area contributed by atoms with Crippen molar-refractivity contribution < 1.29 is 14.3 Å². The van der Waals surface area contributed by atoms with Crippen molar-refractivity contribution in [1.29, 1.82) is 0 Å². The van der Waals surface area contributed by atoms with Crippen molar-refractivity contribution in [1.82, 2.24) is 10.2 Å². The lowest BCUT2D eigenvalue weighted by Gasteiger charge is -2.61. The van der Waals surface area contributed by atoms with E-state index in [1.807, 2.05) is 6.92 Å². The molecule has 3 aliphatic rings. The summed E-state index contributed by atoms with van der Waals surface area (Å²) in [6.07, 6.45) is 4.78. The third-order valence-electron chi connectivity index (χ3n) is 4.93. The number of carbonyl (C=O) groups is 2. The summed E-state index contributed by atoms with van der Waals surface area (Å²) in [7, 11) is 0. The van der Waals surface area contributed by atoms with E-state index in [2.05, 4.69) is 5.32 Å². The van der Waals surface area contributed by atoms with Gasteiger partial charge in [0.15, 0.2) is 0 Å². The van der Waals surface area contributed by atoms with Gasteiger partial charge in [0.2, 0.25) is 11.8 Å². The second kappa shape index (κ2) is 5.56. The molecule has 6 heteroatoms. The minimum Gasteiger partial charge on any atom is -0.378 e. The molecular weight excluding hydrogens is 276 g/mol. The number of nitrogens with zero attached hydrogens (tertiary/aromatic N) is 1. The van der Waals surface area contributed by atoms with Crippen molar-refractivity contribution in [3.05, 3.63) is 0 Å². The molecule has 2 aliphatic carbocycles. The van der Waals surface area contributed by atoms with Crippen LogP contribution in [0.4, 0.5) is 0 Å². The molecule has 0 aromatic carbocycles. The number of nitrogens with one attached hydrogen (secondary N) is 1. The fraction of sp³-hybridized carbons (Fsp3) is 0.857. The number of hydrogen-bond acceptors (Lipinski definition) is 4. The number of thioether (sulfide) groups is 1. The first-order valence-electron chi connectivity index (χ1n) is 7.42. The first-order valence-corrected chi connectivity index (χ1v) is 8.57. The molecule has 1 heterocycles. The summed E-state index contributed by atoms with van der Waals surface area (Å²) in [5.41, 5.74) is 0.190. The molecule has 0 aromatic heterocycles. The maximum Gasteiger partial charge on any atom is 0.239 e. The zero-order valence-electron chi connectivity index (χ0n) is 11.9. The molecule has 2 saturated carbocycles. The Morgan fingerprint density at radius 1 is 1.55 bits per heavy atom. The van der Waals surface area contributed by atoms with Gasteiger partial charge in [-0.2, -0.15) is 0 Å². The minimum absolute atomic E-state index is 0.0212. The van der Waals surface area contributed by atoms with E-state index in [0.717, 1.165) is 25.9 Å². The lowest BCUT2D eigenvalue weighted by molar-refractivity contribution is -0.176. The molecule has 1 spiro atoms. The van der Waals surface area contributed by atoms with Crippen LogP contribution in [-0.4, -0.2) is 53.6 Å². The highest BCUT2D eigenvalue weighted by atomic mass is 32.2. The predicted molar refractivity (Wildman–Crippen MR) is 77.3 cm³/mol. The van der Waals surface area contributed by atoms with Gasteiger partial charge in [0, 0.05) is 18.1 Å². The Balaban J connectivity index is 1.51. The van der Waals surface area contributed by atoms with E-state index in [9.17, 15) is 9.59 Å². The number of rotatable bonds is 5. The van der Waals surface area contributed by atoms with Gasteiger partial charge in [0.25, 0.3) is 0 Å². The third kappa shape index (κ3) is 2.33. The molecule has 2 atom stereocenters. The largest absolute Gasteiger partial charge is 0.378 e. The van der Waals surface area contributed by atoms with Gasteiger partial charge < -0.3 is 15.0 Å². The zero-order valence-corrected chi connectivity index (χ0v) is 12.7. The Labute approximate surface area is 123 Å². The van der Waals surface area contributed by atoms with Crippen LogP contribution in [-0.2, 0) is 14.3 Å². The summed E-state index contributed by atoms with van der Waals surface area (Å²) < 4.78 is 5.78. The molecule has 3 rings (SSSR count). The smallest absolute Gasteiger partial charge is 0.239 e. The van der Waals surface area contributed by atoms with E-state index in [-0.39, 0.29) is 29.8 Å². The Kier molecular flexibility index (Phi) is 3.95. The number of ether oxygens (including phenoxy) is 1. The van der Waals surface area contributed by atoms with Crippen molar-refractivity contribution in [2.75, 3.05) is 24.8 Å². The SMILES string of the molecule is CCO[C@H]1C[C@@H](NC(=O)CN2CSCC2=O)C12CCC2. The Hall–Kier alpha value is -0.750. The molecule has 3 fully saturated rings. The Morgan fingerprint density at radius 2 is 2.35 bits per heavy atom. The van der Waals surface area contributed by atoms with Crippen LogP contribution in [0, 0.1) is 5.41 Å². The van der Waals surface area contributed by atoms with E-state index >= 15 is 0 Å². The summed E-state index contributed by atoms with van der Waals surface area (Å²) in [5.74, 6) is 1.20. The second-order valence-corrected chi connectivity index (χ2v) is 6.91. The maximum absolute atomic E-state index is 12.1. The number of carbonyl (C=O) groups excluding carboxylic acids is 2. The van der Waals surface area contributed by atoms with Gasteiger partial charge in [-0.15, -0.1) is 11.8 Å². The Morgan fingerprint density at radius 3 is 2.90 bits per heavy atom. The average molecular weight is 298 g/mol. The van der Waals surface area contributed by atoms with E-state index in [1.54, 1.807) is 16.7 Å². The van der Waals surface area contributed by atoms with Crippen LogP contribution in [0.5, 0.6) is 0 Å². The van der Waals surface area contributed by atoms with Gasteiger partial charge in [0.1, 0.15) is 6.54 Å². The van der Waals surface area contributed by atoms with Crippen molar-refractivity contribution in [3.63, 3.8) is 0 Å². The normalized spacial score (nSPS) is 31.1. The molecular formula is C14H22N2O3S. The monoisotopic (exact) mass is 298 g/mol. The summed E-state index contributed by atoms with van der Waals surface area (Å²) in [6.45, 7) is 2.97. The molecule has 20 heavy (non-hydrogen) atoms. The van der Waals surface area contributed by atoms with Crippen LogP contribution in [0.2, 0.25) is 0 Å². The summed E-state index contributed by atoms with van der Waals surface area (Å²) in [5, 5.41) is 3.12. The van der Waals surface area contributed by atoms with E-state index in [1.165, 1.54) is 6.42 Å². The molecule has 1 aliphatic heterocycles. The van der Waals surface area contributed by atoms with Gasteiger partial charge in [-0.1, -0.05) is 6.42 Å². The van der Waals surface area contributed by atoms with E-state index in [4.69, 9.17) is 4.74 Å². The quantitative estimate of drug-likeness (QED) is 0.822.